The Morgan fingerprint density at radius 1 is 1.02 bits per heavy atom. The third-order valence-corrected chi connectivity index (χ3v) is 10.7. The van der Waals surface area contributed by atoms with Gasteiger partial charge in [-0.25, -0.2) is 4.39 Å². The molecule has 2 heterocycles. The Hall–Kier alpha value is -4.37. The van der Waals surface area contributed by atoms with Crippen molar-refractivity contribution in [3.05, 3.63) is 89.4 Å². The predicted octanol–water partition coefficient (Wildman–Crippen LogP) is 6.89. The normalized spacial score (nSPS) is 20.1. The second kappa shape index (κ2) is 12.7. The molecule has 1 aromatic heterocycles. The molecule has 2 atom stereocenters. The molecular weight excluding hydrogens is 595 g/mol. The number of anilines is 1. The fourth-order valence-electron chi connectivity index (χ4n) is 7.72. The van der Waals surface area contributed by atoms with Gasteiger partial charge in [-0.15, -0.1) is 0 Å². The highest BCUT2D eigenvalue weighted by atomic mass is 19.1. The number of methoxy groups -OCH3 is 2. The number of benzene rings is 3. The Morgan fingerprint density at radius 3 is 2.43 bits per heavy atom. The van der Waals surface area contributed by atoms with Gasteiger partial charge in [0.25, 0.3) is 5.91 Å². The SMILES string of the molecule is COc1ccc(NC(=O)C2(N(Cc3ccccc3F)C(=O)C[C@@H]3[C@@H](c4c(C)[nH]c5ccccc45)C3(C)C)CCN(C)CC2)c(OC)c1. The molecule has 0 unspecified atom stereocenters. The smallest absolute Gasteiger partial charge is 0.250 e. The number of nitrogens with zero attached hydrogens (tertiary/aromatic N) is 2. The number of amides is 2. The number of hydrogen-bond acceptors (Lipinski definition) is 5. The molecule has 2 fully saturated rings. The first-order valence-corrected chi connectivity index (χ1v) is 16.3. The van der Waals surface area contributed by atoms with Crippen molar-refractivity contribution in [3.63, 3.8) is 0 Å². The molecule has 1 aliphatic heterocycles. The van der Waals surface area contributed by atoms with Gasteiger partial charge in [-0.2, -0.15) is 0 Å². The van der Waals surface area contributed by atoms with Crippen LogP contribution in [0.5, 0.6) is 11.5 Å². The van der Waals surface area contributed by atoms with Crippen LogP contribution in [0.2, 0.25) is 0 Å². The lowest BCUT2D eigenvalue weighted by Crippen LogP contribution is -2.63. The third-order valence-electron chi connectivity index (χ3n) is 10.7. The molecule has 8 nitrogen and oxygen atoms in total. The summed E-state index contributed by atoms with van der Waals surface area (Å²) in [4.78, 5) is 36.7. The van der Waals surface area contributed by atoms with E-state index in [1.807, 2.05) is 19.2 Å². The summed E-state index contributed by atoms with van der Waals surface area (Å²) in [6.45, 7) is 7.74. The quantitative estimate of drug-likeness (QED) is 0.197. The highest BCUT2D eigenvalue weighted by Crippen LogP contribution is 2.67. The van der Waals surface area contributed by atoms with Crippen LogP contribution in [-0.2, 0) is 16.1 Å². The van der Waals surface area contributed by atoms with Gasteiger partial charge in [0.1, 0.15) is 22.9 Å². The second-order valence-electron chi connectivity index (χ2n) is 13.7. The van der Waals surface area contributed by atoms with E-state index in [0.29, 0.717) is 48.7 Å². The molecule has 248 valence electrons. The maximum atomic E-state index is 15.2. The predicted molar refractivity (Wildman–Crippen MR) is 182 cm³/mol. The molecule has 47 heavy (non-hydrogen) atoms. The number of hydrogen-bond donors (Lipinski definition) is 2. The number of nitrogens with one attached hydrogen (secondary N) is 2. The topological polar surface area (TPSA) is 86.9 Å². The number of carbonyl (C=O) groups is 2. The van der Waals surface area contributed by atoms with Gasteiger partial charge in [-0.3, -0.25) is 9.59 Å². The van der Waals surface area contributed by atoms with Crippen molar-refractivity contribution in [3.8, 4) is 11.5 Å². The minimum absolute atomic E-state index is 0.00762. The molecule has 4 aromatic rings. The van der Waals surface area contributed by atoms with Crippen molar-refractivity contribution >= 4 is 28.4 Å². The van der Waals surface area contributed by atoms with Gasteiger partial charge in [0, 0.05) is 54.3 Å². The van der Waals surface area contributed by atoms with Gasteiger partial charge >= 0.3 is 0 Å². The highest BCUT2D eigenvalue weighted by molar-refractivity contribution is 6.01. The van der Waals surface area contributed by atoms with Crippen molar-refractivity contribution in [2.24, 2.45) is 11.3 Å². The van der Waals surface area contributed by atoms with E-state index in [1.54, 1.807) is 48.4 Å². The summed E-state index contributed by atoms with van der Waals surface area (Å²) in [5, 5.41) is 4.27. The van der Waals surface area contributed by atoms with Crippen molar-refractivity contribution < 1.29 is 23.5 Å². The Morgan fingerprint density at radius 2 is 1.72 bits per heavy atom. The van der Waals surface area contributed by atoms with Crippen LogP contribution in [0, 0.1) is 24.1 Å². The molecule has 2 amide bonds. The van der Waals surface area contributed by atoms with Gasteiger partial charge in [0.2, 0.25) is 5.91 Å². The molecule has 1 saturated heterocycles. The van der Waals surface area contributed by atoms with E-state index < -0.39 is 11.4 Å². The lowest BCUT2D eigenvalue weighted by molar-refractivity contribution is -0.150. The molecule has 0 bridgehead atoms. The van der Waals surface area contributed by atoms with Gasteiger partial charge in [0.05, 0.1) is 19.9 Å². The maximum absolute atomic E-state index is 15.2. The molecular formula is C38H45FN4O4. The maximum Gasteiger partial charge on any atom is 0.250 e. The zero-order valence-electron chi connectivity index (χ0n) is 28.2. The van der Waals surface area contributed by atoms with Crippen molar-refractivity contribution in [1.29, 1.82) is 0 Å². The molecule has 9 heteroatoms. The number of carbonyl (C=O) groups excluding carboxylic acids is 2. The summed E-state index contributed by atoms with van der Waals surface area (Å²) in [7, 11) is 5.11. The van der Waals surface area contributed by atoms with Crippen LogP contribution in [0.3, 0.4) is 0 Å². The minimum atomic E-state index is -1.21. The average molecular weight is 641 g/mol. The largest absolute Gasteiger partial charge is 0.497 e. The molecule has 0 radical (unpaired) electrons. The number of fused-ring (bicyclic) bond motifs is 1. The molecule has 1 aliphatic carbocycles. The number of likely N-dealkylation sites (tertiary alicyclic amines) is 1. The molecule has 2 N–H and O–H groups in total. The Balaban J connectivity index is 1.37. The number of aromatic amines is 1. The number of aryl methyl sites for hydroxylation is 1. The fraction of sp³-hybridized carbons (Fsp3) is 0.421. The van der Waals surface area contributed by atoms with E-state index in [0.717, 1.165) is 11.2 Å². The molecule has 6 rings (SSSR count). The zero-order chi connectivity index (χ0) is 33.5. The second-order valence-corrected chi connectivity index (χ2v) is 13.7. The van der Waals surface area contributed by atoms with E-state index in [4.69, 9.17) is 9.47 Å². The summed E-state index contributed by atoms with van der Waals surface area (Å²) in [6.07, 6.45) is 1.07. The zero-order valence-corrected chi connectivity index (χ0v) is 28.2. The first-order valence-electron chi connectivity index (χ1n) is 16.3. The van der Waals surface area contributed by atoms with E-state index in [2.05, 4.69) is 48.1 Å². The standard InChI is InChI=1S/C38H45FN4O4/c1-24-34(27-12-8-10-14-30(27)40-24)35-28(37(35,2)3)22-33(44)43(23-25-11-7-9-13-29(25)39)38(17-19-42(4)20-18-38)36(45)41-31-16-15-26(46-5)21-32(31)47-6/h7-16,21,28,35,40H,17-20,22-23H2,1-6H3,(H,41,45)/t28-,35+/m1/s1. The van der Waals surface area contributed by atoms with Crippen LogP contribution in [0.15, 0.2) is 66.7 Å². The summed E-state index contributed by atoms with van der Waals surface area (Å²) in [5.74, 6) is 0.421. The number of halogens is 1. The number of aromatic nitrogens is 1. The summed E-state index contributed by atoms with van der Waals surface area (Å²) in [6, 6.07) is 20.0. The first kappa shape index (κ1) is 32.6. The van der Waals surface area contributed by atoms with E-state index in [1.165, 1.54) is 24.1 Å². The summed E-state index contributed by atoms with van der Waals surface area (Å²) in [5.41, 5.74) is 2.98. The van der Waals surface area contributed by atoms with Gasteiger partial charge in [-0.1, -0.05) is 50.2 Å². The van der Waals surface area contributed by atoms with Gasteiger partial charge in [-0.05, 0) is 73.9 Å². The lowest BCUT2D eigenvalue weighted by Gasteiger charge is -2.47. The van der Waals surface area contributed by atoms with E-state index in [9.17, 15) is 9.59 Å². The van der Waals surface area contributed by atoms with Crippen LogP contribution in [0.25, 0.3) is 10.9 Å². The number of para-hydroxylation sites is 1. The molecule has 0 spiro atoms. The number of rotatable bonds is 10. The Labute approximate surface area is 276 Å². The summed E-state index contributed by atoms with van der Waals surface area (Å²) >= 11 is 0. The molecule has 2 aliphatic rings. The lowest BCUT2D eigenvalue weighted by atomic mass is 9.83. The monoisotopic (exact) mass is 640 g/mol. The number of piperidine rings is 1. The van der Waals surface area contributed by atoms with Crippen LogP contribution in [-0.4, -0.2) is 66.5 Å². The highest BCUT2D eigenvalue weighted by Gasteiger charge is 2.60. The molecule has 3 aromatic carbocycles. The van der Waals surface area contributed by atoms with Gasteiger partial charge in [0.15, 0.2) is 0 Å². The molecule has 1 saturated carbocycles. The van der Waals surface area contributed by atoms with E-state index >= 15 is 4.39 Å². The van der Waals surface area contributed by atoms with Crippen LogP contribution in [0.4, 0.5) is 10.1 Å². The minimum Gasteiger partial charge on any atom is -0.497 e. The van der Waals surface area contributed by atoms with Gasteiger partial charge < -0.3 is 29.6 Å². The summed E-state index contributed by atoms with van der Waals surface area (Å²) < 4.78 is 26.2. The Kier molecular flexibility index (Phi) is 8.78. The van der Waals surface area contributed by atoms with Crippen LogP contribution >= 0.6 is 0 Å². The fourth-order valence-corrected chi connectivity index (χ4v) is 7.72. The van der Waals surface area contributed by atoms with E-state index in [-0.39, 0.29) is 42.0 Å². The van der Waals surface area contributed by atoms with Crippen molar-refractivity contribution in [2.45, 2.75) is 58.0 Å². The average Bonchev–Trinajstić information content (AvgIpc) is 3.41. The van der Waals surface area contributed by atoms with Crippen molar-refractivity contribution in [2.75, 3.05) is 39.7 Å². The number of H-pyrrole nitrogens is 1. The van der Waals surface area contributed by atoms with Crippen LogP contribution in [0.1, 0.15) is 55.8 Å². The third kappa shape index (κ3) is 5.97. The number of ether oxygens (including phenoxy) is 2. The first-order chi connectivity index (χ1) is 22.5. The van der Waals surface area contributed by atoms with Crippen molar-refractivity contribution in [1.82, 2.24) is 14.8 Å². The van der Waals surface area contributed by atoms with Crippen LogP contribution < -0.4 is 14.8 Å². The Bertz CT molecular complexity index is 1790.